The number of hydrogen-bond donors (Lipinski definition) is 0. The SMILES string of the molecule is C1=Cc2ccc(-c3cc(-c4cccnc4)nc(-c4ccccc4)n3)cc2C2(c3ccccc31)c1ccccc1Sc1ccccc12. The van der Waals surface area contributed by atoms with Crippen molar-refractivity contribution in [2.24, 2.45) is 0 Å². The molecule has 7 aromatic rings. The van der Waals surface area contributed by atoms with Crippen LogP contribution in [-0.2, 0) is 5.41 Å². The molecule has 0 fully saturated rings. The van der Waals surface area contributed by atoms with Crippen LogP contribution in [0.25, 0.3) is 46.1 Å². The molecular formula is C42H27N3S. The Morgan fingerprint density at radius 1 is 0.457 bits per heavy atom. The summed E-state index contributed by atoms with van der Waals surface area (Å²) in [7, 11) is 0. The molecule has 0 saturated heterocycles. The Hall–Kier alpha value is -5.58. The second-order valence-electron chi connectivity index (χ2n) is 11.6. The Bertz CT molecular complexity index is 2190. The van der Waals surface area contributed by atoms with E-state index in [0.29, 0.717) is 5.82 Å². The van der Waals surface area contributed by atoms with Crippen LogP contribution in [0.15, 0.2) is 162 Å². The third kappa shape index (κ3) is 4.18. The largest absolute Gasteiger partial charge is 0.264 e. The van der Waals surface area contributed by atoms with E-state index in [1.54, 1.807) is 6.20 Å². The van der Waals surface area contributed by atoms with Gasteiger partial charge in [-0.1, -0.05) is 127 Å². The van der Waals surface area contributed by atoms with Crippen LogP contribution in [0.2, 0.25) is 0 Å². The van der Waals surface area contributed by atoms with E-state index in [-0.39, 0.29) is 0 Å². The number of hydrogen-bond acceptors (Lipinski definition) is 4. The molecule has 2 aliphatic rings. The Labute approximate surface area is 272 Å². The van der Waals surface area contributed by atoms with Crippen molar-refractivity contribution >= 4 is 23.9 Å². The van der Waals surface area contributed by atoms with Crippen molar-refractivity contribution in [1.29, 1.82) is 0 Å². The molecule has 0 bridgehead atoms. The molecule has 3 heterocycles. The summed E-state index contributed by atoms with van der Waals surface area (Å²) in [5, 5.41) is 0. The quantitative estimate of drug-likeness (QED) is 0.201. The molecule has 216 valence electrons. The fourth-order valence-corrected chi connectivity index (χ4v) is 8.23. The third-order valence-electron chi connectivity index (χ3n) is 9.08. The van der Waals surface area contributed by atoms with Gasteiger partial charge in [0.15, 0.2) is 5.82 Å². The van der Waals surface area contributed by atoms with Crippen LogP contribution in [0.1, 0.15) is 33.4 Å². The Morgan fingerprint density at radius 2 is 1.07 bits per heavy atom. The maximum absolute atomic E-state index is 5.18. The number of fused-ring (bicyclic) bond motifs is 8. The highest BCUT2D eigenvalue weighted by Gasteiger charge is 2.46. The normalized spacial score (nSPS) is 13.7. The van der Waals surface area contributed by atoms with Gasteiger partial charge in [0, 0.05) is 38.9 Å². The molecule has 9 rings (SSSR count). The van der Waals surface area contributed by atoms with E-state index >= 15 is 0 Å². The minimum Gasteiger partial charge on any atom is -0.264 e. The van der Waals surface area contributed by atoms with Crippen molar-refractivity contribution in [2.75, 3.05) is 0 Å². The molecule has 1 aliphatic carbocycles. The summed E-state index contributed by atoms with van der Waals surface area (Å²) in [6, 6.07) is 49.8. The van der Waals surface area contributed by atoms with Crippen molar-refractivity contribution < 1.29 is 0 Å². The van der Waals surface area contributed by atoms with Gasteiger partial charge >= 0.3 is 0 Å². The monoisotopic (exact) mass is 605 g/mol. The van der Waals surface area contributed by atoms with E-state index in [1.165, 1.54) is 43.2 Å². The van der Waals surface area contributed by atoms with Crippen LogP contribution in [0, 0.1) is 0 Å². The fourth-order valence-electron chi connectivity index (χ4n) is 7.04. The van der Waals surface area contributed by atoms with Gasteiger partial charge in [-0.05, 0) is 69.8 Å². The minimum absolute atomic E-state index is 0.522. The van der Waals surface area contributed by atoms with Gasteiger partial charge in [-0.3, -0.25) is 4.98 Å². The summed E-state index contributed by atoms with van der Waals surface area (Å²) in [4.78, 5) is 17.1. The van der Waals surface area contributed by atoms with E-state index in [0.717, 1.165) is 28.1 Å². The lowest BCUT2D eigenvalue weighted by atomic mass is 9.63. The van der Waals surface area contributed by atoms with Gasteiger partial charge in [-0.25, -0.2) is 9.97 Å². The number of pyridine rings is 1. The summed E-state index contributed by atoms with van der Waals surface area (Å²) in [5.74, 6) is 0.691. The van der Waals surface area contributed by atoms with Gasteiger partial charge < -0.3 is 0 Å². The van der Waals surface area contributed by atoms with Crippen LogP contribution in [0.5, 0.6) is 0 Å². The highest BCUT2D eigenvalue weighted by atomic mass is 32.2. The maximum Gasteiger partial charge on any atom is 0.160 e. The smallest absolute Gasteiger partial charge is 0.160 e. The summed E-state index contributed by atoms with van der Waals surface area (Å²) < 4.78 is 0. The molecule has 0 amide bonds. The molecule has 0 radical (unpaired) electrons. The van der Waals surface area contributed by atoms with E-state index in [4.69, 9.17) is 9.97 Å². The minimum atomic E-state index is -0.522. The van der Waals surface area contributed by atoms with Gasteiger partial charge in [0.05, 0.1) is 16.8 Å². The van der Waals surface area contributed by atoms with Gasteiger partial charge in [-0.2, -0.15) is 0 Å². The molecule has 5 aromatic carbocycles. The van der Waals surface area contributed by atoms with Crippen LogP contribution >= 0.6 is 11.8 Å². The number of nitrogens with zero attached hydrogens (tertiary/aromatic N) is 3. The van der Waals surface area contributed by atoms with Gasteiger partial charge in [0.1, 0.15) is 0 Å². The molecule has 4 heteroatoms. The predicted molar refractivity (Wildman–Crippen MR) is 187 cm³/mol. The predicted octanol–water partition coefficient (Wildman–Crippen LogP) is 10.2. The lowest BCUT2D eigenvalue weighted by molar-refractivity contribution is 0.701. The zero-order chi connectivity index (χ0) is 30.5. The molecule has 0 N–H and O–H groups in total. The van der Waals surface area contributed by atoms with E-state index in [2.05, 4.69) is 132 Å². The summed E-state index contributed by atoms with van der Waals surface area (Å²) in [5.41, 5.74) is 11.7. The molecule has 2 aromatic heterocycles. The maximum atomic E-state index is 5.18. The summed E-state index contributed by atoms with van der Waals surface area (Å²) in [6.45, 7) is 0. The van der Waals surface area contributed by atoms with Crippen LogP contribution < -0.4 is 0 Å². The first-order valence-electron chi connectivity index (χ1n) is 15.4. The first kappa shape index (κ1) is 26.8. The summed E-state index contributed by atoms with van der Waals surface area (Å²) >= 11 is 1.86. The first-order chi connectivity index (χ1) is 22.8. The van der Waals surface area contributed by atoms with E-state index in [9.17, 15) is 0 Å². The lowest BCUT2D eigenvalue weighted by Gasteiger charge is -2.42. The van der Waals surface area contributed by atoms with Crippen LogP contribution in [-0.4, -0.2) is 15.0 Å². The average molecular weight is 606 g/mol. The molecule has 1 aliphatic heterocycles. The Kier molecular flexibility index (Phi) is 6.29. The van der Waals surface area contributed by atoms with Gasteiger partial charge in [-0.15, -0.1) is 0 Å². The molecule has 0 unspecified atom stereocenters. The summed E-state index contributed by atoms with van der Waals surface area (Å²) in [6.07, 6.45) is 8.20. The molecule has 0 atom stereocenters. The standard InChI is InChI=1S/C42H27N3S/c1-2-12-30(13-3-1)41-44-37(26-38(45-41)32-14-10-24-43-27-32)31-23-22-29-21-20-28-11-4-5-15-33(28)42(36(29)25-31)34-16-6-8-18-39(34)46-40-19-9-7-17-35(40)42/h1-27H. The average Bonchev–Trinajstić information content (AvgIpc) is 3.27. The van der Waals surface area contributed by atoms with Crippen molar-refractivity contribution in [3.8, 4) is 33.9 Å². The fraction of sp³-hybridized carbons (Fsp3) is 0.0238. The second kappa shape index (κ2) is 10.8. The molecule has 3 nitrogen and oxygen atoms in total. The zero-order valence-corrected chi connectivity index (χ0v) is 25.7. The van der Waals surface area contributed by atoms with Crippen LogP contribution in [0.4, 0.5) is 0 Å². The third-order valence-corrected chi connectivity index (χ3v) is 10.2. The second-order valence-corrected chi connectivity index (χ2v) is 12.7. The van der Waals surface area contributed by atoms with Crippen LogP contribution in [0.3, 0.4) is 0 Å². The highest BCUT2D eigenvalue weighted by molar-refractivity contribution is 7.99. The van der Waals surface area contributed by atoms with E-state index < -0.39 is 5.41 Å². The van der Waals surface area contributed by atoms with Crippen molar-refractivity contribution in [1.82, 2.24) is 15.0 Å². The van der Waals surface area contributed by atoms with Crippen molar-refractivity contribution in [3.63, 3.8) is 0 Å². The van der Waals surface area contributed by atoms with Gasteiger partial charge in [0.2, 0.25) is 0 Å². The molecular weight excluding hydrogens is 579 g/mol. The molecule has 0 saturated carbocycles. The van der Waals surface area contributed by atoms with Crippen molar-refractivity contribution in [2.45, 2.75) is 15.2 Å². The van der Waals surface area contributed by atoms with E-state index in [1.807, 2.05) is 42.2 Å². The zero-order valence-electron chi connectivity index (χ0n) is 24.8. The number of aromatic nitrogens is 3. The molecule has 46 heavy (non-hydrogen) atoms. The number of rotatable bonds is 3. The first-order valence-corrected chi connectivity index (χ1v) is 16.2. The Balaban J connectivity index is 1.35. The topological polar surface area (TPSA) is 38.7 Å². The molecule has 1 spiro atoms. The lowest BCUT2D eigenvalue weighted by Crippen LogP contribution is -2.35. The van der Waals surface area contributed by atoms with Gasteiger partial charge in [0.25, 0.3) is 0 Å². The number of benzene rings is 5. The van der Waals surface area contributed by atoms with Crippen molar-refractivity contribution in [3.05, 3.63) is 185 Å². The Morgan fingerprint density at radius 3 is 1.78 bits per heavy atom. The highest BCUT2D eigenvalue weighted by Crippen LogP contribution is 2.58.